The van der Waals surface area contributed by atoms with Crippen molar-refractivity contribution in [2.45, 2.75) is 32.2 Å². The van der Waals surface area contributed by atoms with E-state index in [4.69, 9.17) is 5.73 Å². The van der Waals surface area contributed by atoms with Gasteiger partial charge in [0.05, 0.1) is 11.9 Å². The summed E-state index contributed by atoms with van der Waals surface area (Å²) in [5, 5.41) is 0. The van der Waals surface area contributed by atoms with Crippen LogP contribution >= 0.6 is 0 Å². The van der Waals surface area contributed by atoms with E-state index in [1.165, 1.54) is 25.7 Å². The van der Waals surface area contributed by atoms with Gasteiger partial charge in [-0.2, -0.15) is 0 Å². The van der Waals surface area contributed by atoms with Gasteiger partial charge in [0.2, 0.25) is 0 Å². The number of hydrogen-bond acceptors (Lipinski definition) is 2. The zero-order valence-corrected chi connectivity index (χ0v) is 12.8. The molecule has 0 bridgehead atoms. The number of rotatable bonds is 3. The molecule has 0 saturated carbocycles. The second-order valence-electron chi connectivity index (χ2n) is 5.69. The molecule has 0 unspecified atom stereocenters. The van der Waals surface area contributed by atoms with Crippen LogP contribution in [0.2, 0.25) is 0 Å². The van der Waals surface area contributed by atoms with Crippen LogP contribution in [0.1, 0.15) is 31.5 Å². The average Bonchev–Trinajstić information content (AvgIpc) is 2.87. The van der Waals surface area contributed by atoms with Crippen molar-refractivity contribution in [3.63, 3.8) is 0 Å². The molecule has 1 aliphatic heterocycles. The van der Waals surface area contributed by atoms with Gasteiger partial charge in [0, 0.05) is 13.1 Å². The first-order valence-electron chi connectivity index (χ1n) is 7.97. The van der Waals surface area contributed by atoms with Crippen molar-refractivity contribution in [2.75, 3.05) is 13.1 Å². The number of imidazole rings is 1. The van der Waals surface area contributed by atoms with Gasteiger partial charge < -0.3 is 15.6 Å². The van der Waals surface area contributed by atoms with Crippen LogP contribution in [-0.2, 0) is 6.54 Å². The number of nitrogens with zero attached hydrogens (tertiary/aromatic N) is 3. The van der Waals surface area contributed by atoms with E-state index in [0.29, 0.717) is 12.5 Å². The minimum absolute atomic E-state index is 0.495. The third kappa shape index (κ3) is 3.67. The zero-order chi connectivity index (χ0) is 15.2. The van der Waals surface area contributed by atoms with Crippen molar-refractivity contribution in [2.24, 2.45) is 10.7 Å². The van der Waals surface area contributed by atoms with E-state index in [2.05, 4.69) is 32.0 Å². The highest BCUT2D eigenvalue weighted by molar-refractivity contribution is 5.78. The molecule has 3 rings (SSSR count). The van der Waals surface area contributed by atoms with Crippen LogP contribution in [0.5, 0.6) is 0 Å². The lowest BCUT2D eigenvalue weighted by molar-refractivity contribution is 0.428. The number of nitrogens with two attached hydrogens (primary N) is 1. The summed E-state index contributed by atoms with van der Waals surface area (Å²) in [5.74, 6) is 1.48. The van der Waals surface area contributed by atoms with E-state index in [-0.39, 0.29) is 0 Å². The Morgan fingerprint density at radius 1 is 1.14 bits per heavy atom. The monoisotopic (exact) mass is 297 g/mol. The molecule has 116 valence electrons. The van der Waals surface area contributed by atoms with Crippen molar-refractivity contribution in [1.82, 2.24) is 14.9 Å². The lowest BCUT2D eigenvalue weighted by Gasteiger charge is -2.20. The molecule has 2 aromatic rings. The molecule has 0 atom stereocenters. The minimum atomic E-state index is 0.495. The van der Waals surface area contributed by atoms with E-state index in [9.17, 15) is 0 Å². The average molecular weight is 297 g/mol. The topological polar surface area (TPSA) is 70.3 Å². The lowest BCUT2D eigenvalue weighted by Crippen LogP contribution is -2.38. The van der Waals surface area contributed by atoms with Gasteiger partial charge in [0.15, 0.2) is 5.96 Å². The van der Waals surface area contributed by atoms with E-state index in [1.54, 1.807) is 0 Å². The Bertz CT molecular complexity index is 609. The smallest absolute Gasteiger partial charge is 0.191 e. The number of aromatic nitrogens is 2. The van der Waals surface area contributed by atoms with Crippen LogP contribution in [0.15, 0.2) is 41.5 Å². The highest BCUT2D eigenvalue weighted by Gasteiger charge is 2.11. The quantitative estimate of drug-likeness (QED) is 0.676. The third-order valence-electron chi connectivity index (χ3n) is 4.03. The summed E-state index contributed by atoms with van der Waals surface area (Å²) >= 11 is 0. The summed E-state index contributed by atoms with van der Waals surface area (Å²) in [6, 6.07) is 10.2. The molecule has 3 N–H and O–H groups in total. The van der Waals surface area contributed by atoms with E-state index in [0.717, 1.165) is 30.2 Å². The van der Waals surface area contributed by atoms with Gasteiger partial charge in [-0.3, -0.25) is 0 Å². The fraction of sp³-hybridized carbons (Fsp3) is 0.412. The Kier molecular flexibility index (Phi) is 4.73. The van der Waals surface area contributed by atoms with Gasteiger partial charge in [-0.25, -0.2) is 9.98 Å². The van der Waals surface area contributed by atoms with Crippen LogP contribution in [0.4, 0.5) is 0 Å². The Morgan fingerprint density at radius 2 is 1.86 bits per heavy atom. The molecule has 5 heteroatoms. The van der Waals surface area contributed by atoms with Gasteiger partial charge in [0.25, 0.3) is 0 Å². The molecule has 0 amide bonds. The normalized spacial score (nSPS) is 16.5. The maximum Gasteiger partial charge on any atom is 0.191 e. The Morgan fingerprint density at radius 3 is 2.59 bits per heavy atom. The molecule has 22 heavy (non-hydrogen) atoms. The van der Waals surface area contributed by atoms with Gasteiger partial charge in [0.1, 0.15) is 12.4 Å². The number of hydrogen-bond donors (Lipinski definition) is 2. The number of guanidine groups is 1. The largest absolute Gasteiger partial charge is 0.370 e. The number of H-pyrrole nitrogens is 1. The maximum atomic E-state index is 6.12. The SMILES string of the molecule is NC(=NCc1ncc(-c2ccccc2)[nH]1)N1CCCCCC1. The fourth-order valence-corrected chi connectivity index (χ4v) is 2.76. The molecular formula is C17H23N5. The summed E-state index contributed by atoms with van der Waals surface area (Å²) in [6.07, 6.45) is 6.84. The summed E-state index contributed by atoms with van der Waals surface area (Å²) < 4.78 is 0. The summed E-state index contributed by atoms with van der Waals surface area (Å²) in [7, 11) is 0. The molecule has 0 aliphatic carbocycles. The van der Waals surface area contributed by atoms with Crippen LogP contribution < -0.4 is 5.73 Å². The number of likely N-dealkylation sites (tertiary alicyclic amines) is 1. The van der Waals surface area contributed by atoms with Crippen molar-refractivity contribution in [3.05, 3.63) is 42.4 Å². The summed E-state index contributed by atoms with van der Waals surface area (Å²) in [4.78, 5) is 14.4. The molecule has 1 aromatic carbocycles. The number of aromatic amines is 1. The molecule has 0 radical (unpaired) electrons. The Balaban J connectivity index is 1.63. The minimum Gasteiger partial charge on any atom is -0.370 e. The van der Waals surface area contributed by atoms with Crippen molar-refractivity contribution >= 4 is 5.96 Å². The first-order chi connectivity index (χ1) is 10.8. The number of aliphatic imine (C=N–C) groups is 1. The van der Waals surface area contributed by atoms with E-state index in [1.807, 2.05) is 24.4 Å². The second kappa shape index (κ2) is 7.11. The summed E-state index contributed by atoms with van der Waals surface area (Å²) in [5.41, 5.74) is 8.26. The maximum absolute atomic E-state index is 6.12. The molecule has 1 aromatic heterocycles. The predicted octanol–water partition coefficient (Wildman–Crippen LogP) is 2.77. The van der Waals surface area contributed by atoms with Crippen LogP contribution in [-0.4, -0.2) is 33.9 Å². The Labute approximate surface area is 131 Å². The van der Waals surface area contributed by atoms with Crippen molar-refractivity contribution in [3.8, 4) is 11.3 Å². The van der Waals surface area contributed by atoms with Crippen molar-refractivity contribution < 1.29 is 0 Å². The standard InChI is InChI=1S/C17H23N5/c18-17(22-10-6-1-2-7-11-22)20-13-16-19-12-15(21-16)14-8-4-3-5-9-14/h3-5,8-9,12H,1-2,6-7,10-11,13H2,(H2,18,20)(H,19,21). The van der Waals surface area contributed by atoms with Gasteiger partial charge >= 0.3 is 0 Å². The van der Waals surface area contributed by atoms with Gasteiger partial charge in [-0.15, -0.1) is 0 Å². The molecule has 1 fully saturated rings. The highest BCUT2D eigenvalue weighted by Crippen LogP contribution is 2.16. The van der Waals surface area contributed by atoms with Crippen LogP contribution in [0.25, 0.3) is 11.3 Å². The molecule has 5 nitrogen and oxygen atoms in total. The predicted molar refractivity (Wildman–Crippen MR) is 89.4 cm³/mol. The third-order valence-corrected chi connectivity index (χ3v) is 4.03. The highest BCUT2D eigenvalue weighted by atomic mass is 15.2. The lowest BCUT2D eigenvalue weighted by atomic mass is 10.2. The van der Waals surface area contributed by atoms with Crippen LogP contribution in [0, 0.1) is 0 Å². The molecule has 2 heterocycles. The number of benzene rings is 1. The summed E-state index contributed by atoms with van der Waals surface area (Å²) in [6.45, 7) is 2.53. The van der Waals surface area contributed by atoms with Crippen LogP contribution in [0.3, 0.4) is 0 Å². The molecule has 1 saturated heterocycles. The zero-order valence-electron chi connectivity index (χ0n) is 12.8. The molecular weight excluding hydrogens is 274 g/mol. The van der Waals surface area contributed by atoms with Gasteiger partial charge in [-0.05, 0) is 18.4 Å². The van der Waals surface area contributed by atoms with Gasteiger partial charge in [-0.1, -0.05) is 43.2 Å². The first-order valence-corrected chi connectivity index (χ1v) is 7.97. The van der Waals surface area contributed by atoms with E-state index < -0.39 is 0 Å². The Hall–Kier alpha value is -2.30. The molecule has 0 spiro atoms. The van der Waals surface area contributed by atoms with Crippen molar-refractivity contribution in [1.29, 1.82) is 0 Å². The van der Waals surface area contributed by atoms with E-state index >= 15 is 0 Å². The first kappa shape index (κ1) is 14.6. The molecule has 1 aliphatic rings. The second-order valence-corrected chi connectivity index (χ2v) is 5.69. The fourth-order valence-electron chi connectivity index (χ4n) is 2.76. The number of nitrogens with one attached hydrogen (secondary N) is 1.